The second-order valence-corrected chi connectivity index (χ2v) is 4.19. The van der Waals surface area contributed by atoms with E-state index in [-0.39, 0.29) is 22.3 Å². The molecule has 1 atom stereocenters. The van der Waals surface area contributed by atoms with Gasteiger partial charge < -0.3 is 20.6 Å². The molecule has 7 heteroatoms. The number of carboxylic acids is 1. The van der Waals surface area contributed by atoms with Gasteiger partial charge in [-0.15, -0.1) is 0 Å². The molecule has 5 nitrogen and oxygen atoms in total. The lowest BCUT2D eigenvalue weighted by Gasteiger charge is -2.12. The Morgan fingerprint density at radius 2 is 2.18 bits per heavy atom. The van der Waals surface area contributed by atoms with Crippen molar-refractivity contribution in [2.45, 2.75) is 6.10 Å². The molecule has 0 bridgehead atoms. The number of anilines is 1. The minimum atomic E-state index is -1.24. The molecule has 1 rings (SSSR count). The number of rotatable bonds is 5. The van der Waals surface area contributed by atoms with Gasteiger partial charge in [0.25, 0.3) is 0 Å². The molecule has 0 aliphatic carbocycles. The number of hydrogen-bond acceptors (Lipinski definition) is 4. The van der Waals surface area contributed by atoms with Gasteiger partial charge in [0, 0.05) is 11.0 Å². The van der Waals surface area contributed by atoms with Crippen LogP contribution in [0.4, 0.5) is 10.1 Å². The summed E-state index contributed by atoms with van der Waals surface area (Å²) < 4.78 is 13.7. The van der Waals surface area contributed by atoms with Crippen LogP contribution in [0.2, 0.25) is 0 Å². The number of halogens is 2. The number of aliphatic hydroxyl groups excluding tert-OH is 2. The van der Waals surface area contributed by atoms with E-state index in [4.69, 9.17) is 15.3 Å². The molecule has 1 aromatic rings. The molecule has 1 aromatic carbocycles. The number of carbonyl (C=O) groups is 1. The van der Waals surface area contributed by atoms with E-state index < -0.39 is 24.5 Å². The average Bonchev–Trinajstić information content (AvgIpc) is 2.28. The SMILES string of the molecule is O=C(O)c1cc(F)c(NCC(O)CO)cc1Br. The predicted octanol–water partition coefficient (Wildman–Crippen LogP) is 1.05. The van der Waals surface area contributed by atoms with Gasteiger partial charge in [0.05, 0.1) is 24.0 Å². The third-order valence-electron chi connectivity index (χ3n) is 2.03. The molecule has 0 fully saturated rings. The summed E-state index contributed by atoms with van der Waals surface area (Å²) in [5, 5.41) is 29.0. The molecule has 0 heterocycles. The molecule has 0 amide bonds. The number of benzene rings is 1. The molecular weight excluding hydrogens is 297 g/mol. The summed E-state index contributed by atoms with van der Waals surface area (Å²) in [6.45, 7) is -0.477. The Bertz CT molecular complexity index is 427. The molecule has 94 valence electrons. The highest BCUT2D eigenvalue weighted by Crippen LogP contribution is 2.24. The van der Waals surface area contributed by atoms with Crippen LogP contribution in [0.3, 0.4) is 0 Å². The summed E-state index contributed by atoms with van der Waals surface area (Å²) in [7, 11) is 0. The first-order valence-corrected chi connectivity index (χ1v) is 5.50. The van der Waals surface area contributed by atoms with Crippen LogP contribution in [0.1, 0.15) is 10.4 Å². The quantitative estimate of drug-likeness (QED) is 0.653. The maximum absolute atomic E-state index is 13.5. The van der Waals surface area contributed by atoms with Crippen molar-refractivity contribution in [2.24, 2.45) is 0 Å². The van der Waals surface area contributed by atoms with Gasteiger partial charge >= 0.3 is 5.97 Å². The normalized spacial score (nSPS) is 12.2. The van der Waals surface area contributed by atoms with Gasteiger partial charge in [0.15, 0.2) is 0 Å². The van der Waals surface area contributed by atoms with Crippen LogP contribution < -0.4 is 5.32 Å². The topological polar surface area (TPSA) is 89.8 Å². The van der Waals surface area contributed by atoms with Gasteiger partial charge in [-0.2, -0.15) is 0 Å². The fourth-order valence-corrected chi connectivity index (χ4v) is 1.65. The lowest BCUT2D eigenvalue weighted by Crippen LogP contribution is -2.23. The van der Waals surface area contributed by atoms with Crippen molar-refractivity contribution in [3.63, 3.8) is 0 Å². The van der Waals surface area contributed by atoms with E-state index in [1.807, 2.05) is 0 Å². The van der Waals surface area contributed by atoms with Crippen LogP contribution >= 0.6 is 15.9 Å². The standard InChI is InChI=1S/C10H11BrFNO4/c11-7-2-9(13-3-5(15)4-14)8(12)1-6(7)10(16)17/h1-2,5,13-15H,3-4H2,(H,16,17). The lowest BCUT2D eigenvalue weighted by atomic mass is 10.2. The fraction of sp³-hybridized carbons (Fsp3) is 0.300. The molecule has 0 saturated carbocycles. The van der Waals surface area contributed by atoms with Crippen molar-refractivity contribution in [2.75, 3.05) is 18.5 Å². The van der Waals surface area contributed by atoms with Crippen LogP contribution in [0.5, 0.6) is 0 Å². The van der Waals surface area contributed by atoms with E-state index in [0.29, 0.717) is 0 Å². The lowest BCUT2D eigenvalue weighted by molar-refractivity contribution is 0.0695. The number of carboxylic acid groups (broad SMARTS) is 1. The van der Waals surface area contributed by atoms with Crippen molar-refractivity contribution in [3.8, 4) is 0 Å². The molecular formula is C10H11BrFNO4. The molecule has 0 aliphatic rings. The maximum Gasteiger partial charge on any atom is 0.336 e. The van der Waals surface area contributed by atoms with Gasteiger partial charge in [-0.05, 0) is 28.1 Å². The Hall–Kier alpha value is -1.18. The van der Waals surface area contributed by atoms with E-state index in [9.17, 15) is 9.18 Å². The van der Waals surface area contributed by atoms with Crippen LogP contribution in [0, 0.1) is 5.82 Å². The Kier molecular flexibility index (Phi) is 4.86. The van der Waals surface area contributed by atoms with Crippen LogP contribution in [-0.4, -0.2) is 40.5 Å². The van der Waals surface area contributed by atoms with Crippen LogP contribution in [-0.2, 0) is 0 Å². The highest BCUT2D eigenvalue weighted by atomic mass is 79.9. The van der Waals surface area contributed by atoms with Crippen molar-refractivity contribution >= 4 is 27.6 Å². The zero-order valence-electron chi connectivity index (χ0n) is 8.65. The molecule has 1 unspecified atom stereocenters. The fourth-order valence-electron chi connectivity index (χ4n) is 1.14. The number of nitrogens with one attached hydrogen (secondary N) is 1. The second-order valence-electron chi connectivity index (χ2n) is 3.33. The first-order chi connectivity index (χ1) is 7.95. The second kappa shape index (κ2) is 5.95. The first kappa shape index (κ1) is 13.9. The summed E-state index contributed by atoms with van der Waals surface area (Å²) in [5.74, 6) is -1.98. The highest BCUT2D eigenvalue weighted by Gasteiger charge is 2.14. The van der Waals surface area contributed by atoms with E-state index in [2.05, 4.69) is 21.2 Å². The first-order valence-electron chi connectivity index (χ1n) is 4.70. The maximum atomic E-state index is 13.5. The molecule has 17 heavy (non-hydrogen) atoms. The largest absolute Gasteiger partial charge is 0.478 e. The van der Waals surface area contributed by atoms with Gasteiger partial charge in [0.2, 0.25) is 0 Å². The molecule has 0 aromatic heterocycles. The average molecular weight is 308 g/mol. The molecule has 4 N–H and O–H groups in total. The third-order valence-corrected chi connectivity index (χ3v) is 2.68. The van der Waals surface area contributed by atoms with Crippen molar-refractivity contribution in [1.29, 1.82) is 0 Å². The minimum absolute atomic E-state index is 0.0354. The van der Waals surface area contributed by atoms with Crippen molar-refractivity contribution in [1.82, 2.24) is 0 Å². The van der Waals surface area contributed by atoms with Gasteiger partial charge in [-0.3, -0.25) is 0 Å². The summed E-state index contributed by atoms with van der Waals surface area (Å²) in [6, 6.07) is 2.14. The number of aromatic carboxylic acids is 1. The van der Waals surface area contributed by atoms with Crippen molar-refractivity contribution < 1.29 is 24.5 Å². The minimum Gasteiger partial charge on any atom is -0.478 e. The highest BCUT2D eigenvalue weighted by molar-refractivity contribution is 9.10. The van der Waals surface area contributed by atoms with Crippen LogP contribution in [0.25, 0.3) is 0 Å². The summed E-state index contributed by atoms with van der Waals surface area (Å²) in [4.78, 5) is 10.7. The summed E-state index contributed by atoms with van der Waals surface area (Å²) >= 11 is 3.01. The smallest absolute Gasteiger partial charge is 0.336 e. The van der Waals surface area contributed by atoms with E-state index in [1.54, 1.807) is 0 Å². The van der Waals surface area contributed by atoms with Crippen molar-refractivity contribution in [3.05, 3.63) is 28.0 Å². The van der Waals surface area contributed by atoms with Gasteiger partial charge in [-0.1, -0.05) is 0 Å². The Morgan fingerprint density at radius 1 is 1.53 bits per heavy atom. The monoisotopic (exact) mass is 307 g/mol. The Labute approximate surface area is 105 Å². The molecule has 0 radical (unpaired) electrons. The van der Waals surface area contributed by atoms with E-state index in [1.165, 1.54) is 6.07 Å². The van der Waals surface area contributed by atoms with Crippen LogP contribution in [0.15, 0.2) is 16.6 Å². The number of hydrogen-bond donors (Lipinski definition) is 4. The Balaban J connectivity index is 2.88. The summed E-state index contributed by atoms with van der Waals surface area (Å²) in [6.07, 6.45) is -1.01. The zero-order valence-corrected chi connectivity index (χ0v) is 10.2. The van der Waals surface area contributed by atoms with Gasteiger partial charge in [-0.25, -0.2) is 9.18 Å². The predicted molar refractivity (Wildman–Crippen MR) is 62.6 cm³/mol. The molecule has 0 saturated heterocycles. The third kappa shape index (κ3) is 3.65. The molecule has 0 spiro atoms. The van der Waals surface area contributed by atoms with E-state index in [0.717, 1.165) is 6.07 Å². The zero-order chi connectivity index (χ0) is 13.0. The van der Waals surface area contributed by atoms with E-state index >= 15 is 0 Å². The molecule has 0 aliphatic heterocycles. The Morgan fingerprint density at radius 3 is 2.71 bits per heavy atom. The van der Waals surface area contributed by atoms with Gasteiger partial charge in [0.1, 0.15) is 5.82 Å². The number of aliphatic hydroxyl groups is 2. The summed E-state index contributed by atoms with van der Waals surface area (Å²) in [5.41, 5.74) is -0.134.